The van der Waals surface area contributed by atoms with Crippen LogP contribution >= 0.6 is 15.9 Å². The molecule has 0 radical (unpaired) electrons. The Bertz CT molecular complexity index is 1120. The highest BCUT2D eigenvalue weighted by atomic mass is 79.9. The summed E-state index contributed by atoms with van der Waals surface area (Å²) in [5.41, 5.74) is 4.49. The smallest absolute Gasteiger partial charge is 0.170 e. The van der Waals surface area contributed by atoms with Gasteiger partial charge < -0.3 is 4.84 Å². The van der Waals surface area contributed by atoms with Gasteiger partial charge in [0, 0.05) is 34.0 Å². The van der Waals surface area contributed by atoms with Crippen molar-refractivity contribution in [1.82, 2.24) is 4.98 Å². The van der Waals surface area contributed by atoms with Crippen molar-refractivity contribution in [2.24, 2.45) is 10.6 Å². The summed E-state index contributed by atoms with van der Waals surface area (Å²) in [4.78, 5) is 11.1. The van der Waals surface area contributed by atoms with Crippen LogP contribution in [0.15, 0.2) is 58.2 Å². The van der Waals surface area contributed by atoms with E-state index in [1.54, 1.807) is 12.1 Å². The van der Waals surface area contributed by atoms with E-state index in [4.69, 9.17) is 9.82 Å². The van der Waals surface area contributed by atoms with Crippen molar-refractivity contribution in [2.75, 3.05) is 0 Å². The van der Waals surface area contributed by atoms with Gasteiger partial charge in [-0.1, -0.05) is 47.1 Å². The highest BCUT2D eigenvalue weighted by Gasteiger charge is 2.50. The fraction of sp³-hybridized carbons (Fsp3) is 0.304. The van der Waals surface area contributed by atoms with Crippen LogP contribution in [0.4, 0.5) is 4.39 Å². The largest absolute Gasteiger partial charge is 0.384 e. The van der Waals surface area contributed by atoms with Crippen LogP contribution in [0.3, 0.4) is 0 Å². The average molecular weight is 439 g/mol. The number of pyridine rings is 1. The maximum atomic E-state index is 13.3. The van der Waals surface area contributed by atoms with E-state index in [1.165, 1.54) is 12.1 Å². The number of nitrogens with zero attached hydrogens (tertiary/aromatic N) is 2. The van der Waals surface area contributed by atoms with E-state index in [2.05, 4.69) is 47.1 Å². The Kier molecular flexibility index (Phi) is 3.89. The van der Waals surface area contributed by atoms with E-state index >= 15 is 0 Å². The summed E-state index contributed by atoms with van der Waals surface area (Å²) in [6, 6.07) is 14.8. The third-order valence-electron chi connectivity index (χ3n) is 5.72. The molecule has 0 fully saturated rings. The average Bonchev–Trinajstić information content (AvgIpc) is 3.04. The van der Waals surface area contributed by atoms with Gasteiger partial charge in [0.25, 0.3) is 0 Å². The summed E-state index contributed by atoms with van der Waals surface area (Å²) in [6.45, 7) is 4.51. The Balaban J connectivity index is 1.61. The second kappa shape index (κ2) is 6.11. The summed E-state index contributed by atoms with van der Waals surface area (Å²) in [7, 11) is 0. The SMILES string of the molecule is CC1(C)Cc2nc3ccc(Br)cc3cc2[C@@]2(CC(c3ccc(F)cc3)=NO2)C1. The number of hydrogen-bond donors (Lipinski definition) is 0. The van der Waals surface area contributed by atoms with Gasteiger partial charge in [-0.15, -0.1) is 0 Å². The van der Waals surface area contributed by atoms with E-state index < -0.39 is 5.60 Å². The first-order chi connectivity index (χ1) is 13.3. The molecule has 3 aromatic rings. The van der Waals surface area contributed by atoms with Crippen molar-refractivity contribution in [1.29, 1.82) is 0 Å². The summed E-state index contributed by atoms with van der Waals surface area (Å²) in [5, 5.41) is 5.52. The molecule has 5 heteroatoms. The zero-order valence-corrected chi connectivity index (χ0v) is 17.4. The zero-order chi connectivity index (χ0) is 19.5. The zero-order valence-electron chi connectivity index (χ0n) is 15.8. The molecule has 0 bridgehead atoms. The van der Waals surface area contributed by atoms with E-state index in [9.17, 15) is 4.39 Å². The van der Waals surface area contributed by atoms with Crippen LogP contribution in [-0.2, 0) is 16.9 Å². The highest BCUT2D eigenvalue weighted by Crippen LogP contribution is 2.51. The molecular formula is C23H20BrFN2O. The molecule has 2 aromatic carbocycles. The molecule has 1 aromatic heterocycles. The van der Waals surface area contributed by atoms with E-state index in [-0.39, 0.29) is 11.2 Å². The van der Waals surface area contributed by atoms with Crippen LogP contribution in [0, 0.1) is 11.2 Å². The minimum Gasteiger partial charge on any atom is -0.384 e. The normalized spacial score (nSPS) is 22.8. The molecule has 1 aliphatic heterocycles. The van der Waals surface area contributed by atoms with Crippen LogP contribution in [0.5, 0.6) is 0 Å². The molecule has 2 aliphatic rings. The lowest BCUT2D eigenvalue weighted by atomic mass is 9.66. The first-order valence-corrected chi connectivity index (χ1v) is 10.2. The van der Waals surface area contributed by atoms with Gasteiger partial charge in [0.05, 0.1) is 11.2 Å². The molecule has 0 amide bonds. The Hall–Kier alpha value is -2.27. The van der Waals surface area contributed by atoms with E-state index in [1.807, 2.05) is 12.1 Å². The topological polar surface area (TPSA) is 34.5 Å². The maximum Gasteiger partial charge on any atom is 0.170 e. The lowest BCUT2D eigenvalue weighted by molar-refractivity contribution is -0.0631. The van der Waals surface area contributed by atoms with Gasteiger partial charge >= 0.3 is 0 Å². The van der Waals surface area contributed by atoms with Gasteiger partial charge in [0.1, 0.15) is 5.82 Å². The number of benzene rings is 2. The van der Waals surface area contributed by atoms with E-state index in [0.717, 1.165) is 50.7 Å². The Labute approximate surface area is 171 Å². The number of aromatic nitrogens is 1. The minimum absolute atomic E-state index is 0.0524. The van der Waals surface area contributed by atoms with Crippen molar-refractivity contribution in [3.05, 3.63) is 75.6 Å². The molecule has 1 aliphatic carbocycles. The summed E-state index contributed by atoms with van der Waals surface area (Å²) in [5.74, 6) is -0.247. The molecule has 0 unspecified atom stereocenters. The second-order valence-electron chi connectivity index (χ2n) is 8.64. The van der Waals surface area contributed by atoms with Crippen LogP contribution in [0.1, 0.15) is 43.5 Å². The van der Waals surface area contributed by atoms with Gasteiger partial charge in [-0.25, -0.2) is 4.39 Å². The Morgan fingerprint density at radius 3 is 2.61 bits per heavy atom. The third-order valence-corrected chi connectivity index (χ3v) is 6.21. The fourth-order valence-corrected chi connectivity index (χ4v) is 4.99. The molecule has 2 heterocycles. The molecule has 0 saturated carbocycles. The maximum absolute atomic E-state index is 13.3. The monoisotopic (exact) mass is 438 g/mol. The van der Waals surface area contributed by atoms with Gasteiger partial charge in [0.2, 0.25) is 0 Å². The number of fused-ring (bicyclic) bond motifs is 3. The quantitative estimate of drug-likeness (QED) is 0.457. The lowest BCUT2D eigenvalue weighted by Crippen LogP contribution is -2.40. The molecular weight excluding hydrogens is 419 g/mol. The predicted octanol–water partition coefficient (Wildman–Crippen LogP) is 6.13. The summed E-state index contributed by atoms with van der Waals surface area (Å²) >= 11 is 3.56. The van der Waals surface area contributed by atoms with Crippen molar-refractivity contribution in [3.63, 3.8) is 0 Å². The van der Waals surface area contributed by atoms with Crippen molar-refractivity contribution in [2.45, 2.75) is 38.7 Å². The molecule has 5 rings (SSSR count). The van der Waals surface area contributed by atoms with Crippen molar-refractivity contribution >= 4 is 32.5 Å². The van der Waals surface area contributed by atoms with Crippen molar-refractivity contribution in [3.8, 4) is 0 Å². The molecule has 28 heavy (non-hydrogen) atoms. The highest BCUT2D eigenvalue weighted by molar-refractivity contribution is 9.10. The molecule has 142 valence electrons. The van der Waals surface area contributed by atoms with Crippen molar-refractivity contribution < 1.29 is 9.23 Å². The standard InChI is InChI=1S/C23H20BrFN2O/c1-22(2)11-21-18(10-15-9-16(24)5-8-19(15)26-21)23(13-22)12-20(27-28-23)14-3-6-17(25)7-4-14/h3-10H,11-13H2,1-2H3/t23-/m1/s1. The molecule has 0 saturated heterocycles. The minimum atomic E-state index is -0.524. The fourth-order valence-electron chi connectivity index (χ4n) is 4.61. The number of halogens is 2. The molecule has 1 atom stereocenters. The van der Waals surface area contributed by atoms with Crippen LogP contribution in [0.25, 0.3) is 10.9 Å². The van der Waals surface area contributed by atoms with E-state index in [0.29, 0.717) is 6.42 Å². The van der Waals surface area contributed by atoms with Crippen LogP contribution < -0.4 is 0 Å². The summed E-state index contributed by atoms with van der Waals surface area (Å²) < 4.78 is 14.3. The van der Waals surface area contributed by atoms with Gasteiger partial charge in [0.15, 0.2) is 5.60 Å². The third kappa shape index (κ3) is 2.93. The molecule has 0 N–H and O–H groups in total. The van der Waals surface area contributed by atoms with Gasteiger partial charge in [-0.2, -0.15) is 0 Å². The number of hydrogen-bond acceptors (Lipinski definition) is 3. The summed E-state index contributed by atoms with van der Waals surface area (Å²) in [6.07, 6.45) is 2.43. The first-order valence-electron chi connectivity index (χ1n) is 9.44. The van der Waals surface area contributed by atoms with Gasteiger partial charge in [-0.3, -0.25) is 4.98 Å². The number of rotatable bonds is 1. The lowest BCUT2D eigenvalue weighted by Gasteiger charge is -2.41. The Morgan fingerprint density at radius 1 is 1.04 bits per heavy atom. The first kappa shape index (κ1) is 17.8. The predicted molar refractivity (Wildman–Crippen MR) is 112 cm³/mol. The van der Waals surface area contributed by atoms with Crippen LogP contribution in [-0.4, -0.2) is 10.7 Å². The number of oxime groups is 1. The molecule has 1 spiro atoms. The molecule has 3 nitrogen and oxygen atoms in total. The van der Waals surface area contributed by atoms with Crippen LogP contribution in [0.2, 0.25) is 0 Å². The van der Waals surface area contributed by atoms with Gasteiger partial charge in [-0.05, 0) is 53.8 Å². The second-order valence-corrected chi connectivity index (χ2v) is 9.56. The Morgan fingerprint density at radius 2 is 1.82 bits per heavy atom.